The predicted molar refractivity (Wildman–Crippen MR) is 73.3 cm³/mol. The zero-order valence-corrected chi connectivity index (χ0v) is 11.2. The summed E-state index contributed by atoms with van der Waals surface area (Å²) in [4.78, 5) is 11.7. The van der Waals surface area contributed by atoms with Gasteiger partial charge in [-0.25, -0.2) is 8.78 Å². The number of hydrogen-bond donors (Lipinski definition) is 2. The highest BCUT2D eigenvalue weighted by atomic mass is 32.2. The van der Waals surface area contributed by atoms with Crippen LogP contribution >= 0.6 is 11.8 Å². The zero-order chi connectivity index (χ0) is 13.7. The Morgan fingerprint density at radius 1 is 1.37 bits per heavy atom. The Labute approximate surface area is 115 Å². The Morgan fingerprint density at radius 2 is 2.11 bits per heavy atom. The van der Waals surface area contributed by atoms with Gasteiger partial charge in [0.25, 0.3) is 0 Å². The number of rotatable bonds is 4. The number of halogens is 2. The van der Waals surface area contributed by atoms with Crippen LogP contribution in [0.1, 0.15) is 12.8 Å². The van der Waals surface area contributed by atoms with Crippen molar-refractivity contribution in [2.24, 2.45) is 0 Å². The molecule has 1 amide bonds. The van der Waals surface area contributed by atoms with Gasteiger partial charge in [-0.15, -0.1) is 11.8 Å². The minimum atomic E-state index is -0.750. The number of carbonyl (C=O) groups excluding carboxylic acids is 1. The normalized spacial score (nSPS) is 16.3. The van der Waals surface area contributed by atoms with Crippen LogP contribution in [0, 0.1) is 11.6 Å². The Hall–Kier alpha value is -1.14. The van der Waals surface area contributed by atoms with Crippen LogP contribution in [0.3, 0.4) is 0 Å². The van der Waals surface area contributed by atoms with E-state index >= 15 is 0 Å². The van der Waals surface area contributed by atoms with Crippen LogP contribution < -0.4 is 10.6 Å². The van der Waals surface area contributed by atoms with Crippen LogP contribution in [0.4, 0.5) is 14.5 Å². The van der Waals surface area contributed by atoms with Crippen molar-refractivity contribution in [1.82, 2.24) is 5.32 Å². The summed E-state index contributed by atoms with van der Waals surface area (Å²) in [5.41, 5.74) is 0.0253. The van der Waals surface area contributed by atoms with Crippen LogP contribution in [0.5, 0.6) is 0 Å². The molecule has 104 valence electrons. The lowest BCUT2D eigenvalue weighted by Crippen LogP contribution is -2.30. The summed E-state index contributed by atoms with van der Waals surface area (Å²) < 4.78 is 26.0. The van der Waals surface area contributed by atoms with Crippen molar-refractivity contribution in [3.63, 3.8) is 0 Å². The molecule has 1 saturated heterocycles. The summed E-state index contributed by atoms with van der Waals surface area (Å²) >= 11 is 1.59. The fourth-order valence-electron chi connectivity index (χ4n) is 1.93. The van der Waals surface area contributed by atoms with Gasteiger partial charge >= 0.3 is 0 Å². The molecule has 3 nitrogen and oxygen atoms in total. The number of anilines is 1. The van der Waals surface area contributed by atoms with Gasteiger partial charge in [-0.3, -0.25) is 4.79 Å². The maximum Gasteiger partial charge on any atom is 0.234 e. The molecule has 19 heavy (non-hydrogen) atoms. The number of amides is 1. The van der Waals surface area contributed by atoms with Crippen molar-refractivity contribution < 1.29 is 13.6 Å². The van der Waals surface area contributed by atoms with Gasteiger partial charge in [-0.05, 0) is 38.1 Å². The molecule has 0 bridgehead atoms. The maximum atomic E-state index is 13.3. The SMILES string of the molecule is O=C(CSC1CCNCC1)Nc1ccc(F)cc1F. The molecule has 0 aromatic heterocycles. The molecule has 1 aromatic rings. The van der Waals surface area contributed by atoms with Crippen molar-refractivity contribution in [2.75, 3.05) is 24.2 Å². The summed E-state index contributed by atoms with van der Waals surface area (Å²) in [6.45, 7) is 1.96. The van der Waals surface area contributed by atoms with Crippen molar-refractivity contribution >= 4 is 23.4 Å². The molecule has 0 radical (unpaired) electrons. The minimum absolute atomic E-state index is 0.0253. The minimum Gasteiger partial charge on any atom is -0.323 e. The fraction of sp³-hybridized carbons (Fsp3) is 0.462. The second-order valence-electron chi connectivity index (χ2n) is 4.43. The second kappa shape index (κ2) is 6.86. The third-order valence-corrected chi connectivity index (χ3v) is 4.31. The van der Waals surface area contributed by atoms with Crippen molar-refractivity contribution in [2.45, 2.75) is 18.1 Å². The summed E-state index contributed by atoms with van der Waals surface area (Å²) in [6, 6.07) is 3.12. The molecule has 2 N–H and O–H groups in total. The quantitative estimate of drug-likeness (QED) is 0.893. The smallest absolute Gasteiger partial charge is 0.234 e. The first-order valence-electron chi connectivity index (χ1n) is 6.22. The molecule has 2 rings (SSSR count). The highest BCUT2D eigenvalue weighted by molar-refractivity contribution is 8.00. The molecule has 0 atom stereocenters. The molecule has 1 aromatic carbocycles. The number of hydrogen-bond acceptors (Lipinski definition) is 3. The molecule has 6 heteroatoms. The topological polar surface area (TPSA) is 41.1 Å². The zero-order valence-electron chi connectivity index (χ0n) is 10.4. The second-order valence-corrected chi connectivity index (χ2v) is 5.72. The van der Waals surface area contributed by atoms with Gasteiger partial charge < -0.3 is 10.6 Å². The van der Waals surface area contributed by atoms with E-state index in [1.54, 1.807) is 11.8 Å². The molecular formula is C13H16F2N2OS. The van der Waals surface area contributed by atoms with E-state index in [1.807, 2.05) is 0 Å². The monoisotopic (exact) mass is 286 g/mol. The highest BCUT2D eigenvalue weighted by Crippen LogP contribution is 2.21. The average Bonchev–Trinajstić information content (AvgIpc) is 2.41. The molecule has 1 heterocycles. The van der Waals surface area contributed by atoms with E-state index in [1.165, 1.54) is 6.07 Å². The first-order chi connectivity index (χ1) is 9.15. The molecule has 0 aliphatic carbocycles. The molecule has 1 aliphatic rings. The van der Waals surface area contributed by atoms with Gasteiger partial charge in [0.2, 0.25) is 5.91 Å². The summed E-state index contributed by atoms with van der Waals surface area (Å²) in [5, 5.41) is 6.19. The largest absolute Gasteiger partial charge is 0.323 e. The Balaban J connectivity index is 1.80. The van der Waals surface area contributed by atoms with E-state index in [2.05, 4.69) is 10.6 Å². The van der Waals surface area contributed by atoms with E-state index in [0.29, 0.717) is 11.0 Å². The molecule has 0 saturated carbocycles. The molecule has 0 spiro atoms. The van der Waals surface area contributed by atoms with Crippen LogP contribution in [0.15, 0.2) is 18.2 Å². The van der Waals surface area contributed by atoms with Gasteiger partial charge in [0.1, 0.15) is 11.6 Å². The molecule has 0 unspecified atom stereocenters. The third-order valence-electron chi connectivity index (χ3n) is 2.94. The number of benzene rings is 1. The number of carbonyl (C=O) groups is 1. The fourth-order valence-corrected chi connectivity index (χ4v) is 2.96. The summed E-state index contributed by atoms with van der Waals surface area (Å²) in [7, 11) is 0. The number of piperidine rings is 1. The number of thioether (sulfide) groups is 1. The first-order valence-corrected chi connectivity index (χ1v) is 7.27. The first kappa shape index (κ1) is 14.3. The molecule has 1 fully saturated rings. The van der Waals surface area contributed by atoms with E-state index < -0.39 is 11.6 Å². The van der Waals surface area contributed by atoms with Gasteiger partial charge in [0.05, 0.1) is 11.4 Å². The highest BCUT2D eigenvalue weighted by Gasteiger charge is 2.15. The molecule has 1 aliphatic heterocycles. The molecular weight excluding hydrogens is 270 g/mol. The predicted octanol–water partition coefficient (Wildman–Crippen LogP) is 2.39. The van der Waals surface area contributed by atoms with Crippen molar-refractivity contribution in [3.05, 3.63) is 29.8 Å². The maximum absolute atomic E-state index is 13.3. The van der Waals surface area contributed by atoms with Crippen LogP contribution in [0.2, 0.25) is 0 Å². The summed E-state index contributed by atoms with van der Waals surface area (Å²) in [6.07, 6.45) is 2.09. The third kappa shape index (κ3) is 4.47. The Morgan fingerprint density at radius 3 is 2.79 bits per heavy atom. The van der Waals surface area contributed by atoms with E-state index in [0.717, 1.165) is 38.1 Å². The van der Waals surface area contributed by atoms with Crippen LogP contribution in [-0.2, 0) is 4.79 Å². The number of nitrogens with one attached hydrogen (secondary N) is 2. The standard InChI is InChI=1S/C13H16F2N2OS/c14-9-1-2-12(11(15)7-9)17-13(18)8-19-10-3-5-16-6-4-10/h1-2,7,10,16H,3-6,8H2,(H,17,18). The van der Waals surface area contributed by atoms with Crippen molar-refractivity contribution in [1.29, 1.82) is 0 Å². The van der Waals surface area contributed by atoms with Crippen LogP contribution in [0.25, 0.3) is 0 Å². The van der Waals surface area contributed by atoms with E-state index in [9.17, 15) is 13.6 Å². The lowest BCUT2D eigenvalue weighted by atomic mass is 10.2. The van der Waals surface area contributed by atoms with Gasteiger partial charge in [0.15, 0.2) is 0 Å². The van der Waals surface area contributed by atoms with Gasteiger partial charge in [0, 0.05) is 11.3 Å². The lowest BCUT2D eigenvalue weighted by Gasteiger charge is -2.21. The van der Waals surface area contributed by atoms with Gasteiger partial charge in [-0.1, -0.05) is 0 Å². The Bertz CT molecular complexity index is 450. The average molecular weight is 286 g/mol. The van der Waals surface area contributed by atoms with Crippen molar-refractivity contribution in [3.8, 4) is 0 Å². The van der Waals surface area contributed by atoms with Crippen LogP contribution in [-0.4, -0.2) is 30.0 Å². The van der Waals surface area contributed by atoms with E-state index in [4.69, 9.17) is 0 Å². The lowest BCUT2D eigenvalue weighted by molar-refractivity contribution is -0.113. The van der Waals surface area contributed by atoms with Gasteiger partial charge in [-0.2, -0.15) is 0 Å². The Kier molecular flexibility index (Phi) is 5.15. The summed E-state index contributed by atoms with van der Waals surface area (Å²) in [5.74, 6) is -1.37. The van der Waals surface area contributed by atoms with E-state index in [-0.39, 0.29) is 11.6 Å².